The van der Waals surface area contributed by atoms with Gasteiger partial charge in [0.15, 0.2) is 0 Å². The summed E-state index contributed by atoms with van der Waals surface area (Å²) >= 11 is 0. The van der Waals surface area contributed by atoms with Gasteiger partial charge in [-0.3, -0.25) is 14.5 Å². The van der Waals surface area contributed by atoms with Crippen LogP contribution in [-0.2, 0) is 11.3 Å². The highest BCUT2D eigenvalue weighted by atomic mass is 16.2. The summed E-state index contributed by atoms with van der Waals surface area (Å²) in [5.74, 6) is -0.104. The number of nitrogens with zero attached hydrogens (tertiary/aromatic N) is 2. The molecule has 2 aliphatic rings. The molecule has 3 rings (SSSR count). The van der Waals surface area contributed by atoms with Crippen LogP contribution in [0.3, 0.4) is 0 Å². The zero-order chi connectivity index (χ0) is 16.2. The molecule has 0 spiro atoms. The Kier molecular flexibility index (Phi) is 4.96. The number of rotatable bonds is 4. The van der Waals surface area contributed by atoms with E-state index in [-0.39, 0.29) is 6.04 Å². The highest BCUT2D eigenvalue weighted by Gasteiger charge is 2.32. The van der Waals surface area contributed by atoms with Crippen LogP contribution in [-0.4, -0.2) is 47.3 Å². The molecular weight excluding hydrogens is 290 g/mol. The van der Waals surface area contributed by atoms with Crippen LogP contribution >= 0.6 is 0 Å². The topological polar surface area (TPSA) is 66.6 Å². The molecule has 0 unspecified atom stereocenters. The largest absolute Gasteiger partial charge is 0.366 e. The third-order valence-electron chi connectivity index (χ3n) is 4.94. The van der Waals surface area contributed by atoms with Crippen molar-refractivity contribution in [1.29, 1.82) is 0 Å². The number of carbonyl (C=O) groups excluding carboxylic acids is 2. The van der Waals surface area contributed by atoms with Gasteiger partial charge in [0.05, 0.1) is 6.04 Å². The summed E-state index contributed by atoms with van der Waals surface area (Å²) in [7, 11) is 0. The first-order valence-corrected chi connectivity index (χ1v) is 8.57. The Labute approximate surface area is 137 Å². The first-order chi connectivity index (χ1) is 11.1. The number of hydrogen-bond donors (Lipinski definition) is 1. The first kappa shape index (κ1) is 16.0. The van der Waals surface area contributed by atoms with Gasteiger partial charge in [0.25, 0.3) is 0 Å². The number of benzene rings is 1. The van der Waals surface area contributed by atoms with E-state index in [4.69, 9.17) is 5.73 Å². The first-order valence-electron chi connectivity index (χ1n) is 8.57. The summed E-state index contributed by atoms with van der Waals surface area (Å²) in [5, 5.41) is 0. The molecule has 0 bridgehead atoms. The van der Waals surface area contributed by atoms with Gasteiger partial charge in [-0.2, -0.15) is 0 Å². The van der Waals surface area contributed by atoms with Crippen molar-refractivity contribution in [1.82, 2.24) is 9.80 Å². The van der Waals surface area contributed by atoms with Gasteiger partial charge in [-0.1, -0.05) is 18.6 Å². The standard InChI is InChI=1S/C18H25N3O2/c19-17(22)15-8-6-14(7-9-15)13-21-12-2-1-5-16(21)18(23)20-10-3-4-11-20/h6-9,16H,1-5,10-13H2,(H2,19,22)/t16-/m0/s1. The monoisotopic (exact) mass is 315 g/mol. The Hall–Kier alpha value is -1.88. The fourth-order valence-electron chi connectivity index (χ4n) is 3.62. The molecular formula is C18H25N3O2. The number of carbonyl (C=O) groups is 2. The van der Waals surface area contributed by atoms with E-state index in [2.05, 4.69) is 4.90 Å². The normalized spacial score (nSPS) is 22.3. The number of likely N-dealkylation sites (tertiary alicyclic amines) is 2. The van der Waals surface area contributed by atoms with Gasteiger partial charge in [0.1, 0.15) is 0 Å². The van der Waals surface area contributed by atoms with Crippen LogP contribution in [0.2, 0.25) is 0 Å². The Balaban J connectivity index is 1.68. The molecule has 1 aromatic carbocycles. The van der Waals surface area contributed by atoms with E-state index in [0.29, 0.717) is 11.5 Å². The Bertz CT molecular complexity index is 564. The number of nitrogens with two attached hydrogens (primary N) is 1. The van der Waals surface area contributed by atoms with Crippen molar-refractivity contribution in [3.63, 3.8) is 0 Å². The third kappa shape index (κ3) is 3.72. The summed E-state index contributed by atoms with van der Waals surface area (Å²) in [5.41, 5.74) is 6.93. The predicted octanol–water partition coefficient (Wildman–Crippen LogP) is 1.76. The van der Waals surface area contributed by atoms with E-state index in [9.17, 15) is 9.59 Å². The molecule has 0 radical (unpaired) electrons. The minimum atomic E-state index is -0.406. The summed E-state index contributed by atoms with van der Waals surface area (Å²) < 4.78 is 0. The molecule has 1 aromatic rings. The number of primary amides is 1. The number of piperidine rings is 1. The van der Waals surface area contributed by atoms with Crippen molar-refractivity contribution in [3.05, 3.63) is 35.4 Å². The second kappa shape index (κ2) is 7.13. The summed E-state index contributed by atoms with van der Waals surface area (Å²) in [6, 6.07) is 7.41. The fourth-order valence-corrected chi connectivity index (χ4v) is 3.62. The number of hydrogen-bond acceptors (Lipinski definition) is 3. The van der Waals surface area contributed by atoms with Gasteiger partial charge >= 0.3 is 0 Å². The molecule has 2 saturated heterocycles. The highest BCUT2D eigenvalue weighted by molar-refractivity contribution is 5.92. The number of amides is 2. The highest BCUT2D eigenvalue weighted by Crippen LogP contribution is 2.23. The van der Waals surface area contributed by atoms with Crippen molar-refractivity contribution in [2.24, 2.45) is 5.73 Å². The van der Waals surface area contributed by atoms with Gasteiger partial charge in [-0.05, 0) is 49.9 Å². The van der Waals surface area contributed by atoms with Crippen LogP contribution in [0.25, 0.3) is 0 Å². The average Bonchev–Trinajstić information content (AvgIpc) is 3.10. The Morgan fingerprint density at radius 2 is 1.65 bits per heavy atom. The maximum atomic E-state index is 12.8. The third-order valence-corrected chi connectivity index (χ3v) is 4.94. The van der Waals surface area contributed by atoms with Crippen molar-refractivity contribution in [3.8, 4) is 0 Å². The van der Waals surface area contributed by atoms with Gasteiger partial charge in [-0.15, -0.1) is 0 Å². The van der Waals surface area contributed by atoms with E-state index in [1.807, 2.05) is 17.0 Å². The van der Waals surface area contributed by atoms with Gasteiger partial charge in [0, 0.05) is 25.2 Å². The fraction of sp³-hybridized carbons (Fsp3) is 0.556. The molecule has 0 aliphatic carbocycles. The van der Waals surface area contributed by atoms with Crippen LogP contribution in [0.1, 0.15) is 48.0 Å². The van der Waals surface area contributed by atoms with Crippen LogP contribution in [0.4, 0.5) is 0 Å². The van der Waals surface area contributed by atoms with Crippen molar-refractivity contribution in [2.75, 3.05) is 19.6 Å². The Morgan fingerprint density at radius 1 is 1.00 bits per heavy atom. The maximum absolute atomic E-state index is 12.8. The molecule has 1 atom stereocenters. The average molecular weight is 315 g/mol. The van der Waals surface area contributed by atoms with Crippen LogP contribution < -0.4 is 5.73 Å². The minimum absolute atomic E-state index is 0.0117. The predicted molar refractivity (Wildman–Crippen MR) is 88.8 cm³/mol. The molecule has 5 nitrogen and oxygen atoms in total. The van der Waals surface area contributed by atoms with Crippen LogP contribution in [0.5, 0.6) is 0 Å². The van der Waals surface area contributed by atoms with E-state index in [1.165, 1.54) is 0 Å². The summed E-state index contributed by atoms with van der Waals surface area (Å²) in [6.07, 6.45) is 5.49. The van der Waals surface area contributed by atoms with Gasteiger partial charge in [0.2, 0.25) is 11.8 Å². The van der Waals surface area contributed by atoms with Gasteiger partial charge < -0.3 is 10.6 Å². The zero-order valence-electron chi connectivity index (χ0n) is 13.5. The molecule has 124 valence electrons. The molecule has 2 N–H and O–H groups in total. The van der Waals surface area contributed by atoms with Crippen molar-refractivity contribution >= 4 is 11.8 Å². The molecule has 2 heterocycles. The van der Waals surface area contributed by atoms with Crippen LogP contribution in [0.15, 0.2) is 24.3 Å². The maximum Gasteiger partial charge on any atom is 0.248 e. The zero-order valence-corrected chi connectivity index (χ0v) is 13.5. The van der Waals surface area contributed by atoms with E-state index in [1.54, 1.807) is 12.1 Å². The SMILES string of the molecule is NC(=O)c1ccc(CN2CCCC[C@H]2C(=O)N2CCCC2)cc1. The molecule has 2 aliphatic heterocycles. The smallest absolute Gasteiger partial charge is 0.248 e. The lowest BCUT2D eigenvalue weighted by Gasteiger charge is -2.36. The lowest BCUT2D eigenvalue weighted by atomic mass is 9.99. The van der Waals surface area contributed by atoms with E-state index >= 15 is 0 Å². The molecule has 0 aromatic heterocycles. The Morgan fingerprint density at radius 3 is 2.30 bits per heavy atom. The second-order valence-electron chi connectivity index (χ2n) is 6.58. The summed E-state index contributed by atoms with van der Waals surface area (Å²) in [6.45, 7) is 3.54. The lowest BCUT2D eigenvalue weighted by molar-refractivity contribution is -0.137. The quantitative estimate of drug-likeness (QED) is 0.920. The van der Waals surface area contributed by atoms with Crippen molar-refractivity contribution in [2.45, 2.75) is 44.7 Å². The second-order valence-corrected chi connectivity index (χ2v) is 6.58. The van der Waals surface area contributed by atoms with E-state index in [0.717, 1.165) is 63.8 Å². The van der Waals surface area contributed by atoms with Gasteiger partial charge in [-0.25, -0.2) is 0 Å². The summed E-state index contributed by atoms with van der Waals surface area (Å²) in [4.78, 5) is 28.2. The molecule has 2 amide bonds. The van der Waals surface area contributed by atoms with E-state index < -0.39 is 5.91 Å². The minimum Gasteiger partial charge on any atom is -0.366 e. The molecule has 5 heteroatoms. The van der Waals surface area contributed by atoms with Crippen molar-refractivity contribution < 1.29 is 9.59 Å². The molecule has 0 saturated carbocycles. The molecule has 2 fully saturated rings. The van der Waals surface area contributed by atoms with Crippen LogP contribution in [0, 0.1) is 0 Å². The lowest BCUT2D eigenvalue weighted by Crippen LogP contribution is -2.49. The molecule has 23 heavy (non-hydrogen) atoms.